The third kappa shape index (κ3) is 3.83. The van der Waals surface area contributed by atoms with E-state index in [-0.39, 0.29) is 31.1 Å². The fourth-order valence-electron chi connectivity index (χ4n) is 4.21. The van der Waals surface area contributed by atoms with Crippen molar-refractivity contribution in [2.24, 2.45) is 7.05 Å². The molecule has 0 bridgehead atoms. The molecule has 10 heteroatoms. The van der Waals surface area contributed by atoms with Gasteiger partial charge in [0.1, 0.15) is 12.2 Å². The second kappa shape index (κ2) is 7.74. The smallest absolute Gasteiger partial charge is 0.261 e. The van der Waals surface area contributed by atoms with Crippen LogP contribution in [0.4, 0.5) is 4.39 Å². The molecule has 33 heavy (non-hydrogen) atoms. The van der Waals surface area contributed by atoms with Crippen LogP contribution in [0, 0.1) is 0 Å². The lowest BCUT2D eigenvalue weighted by molar-refractivity contribution is -0.144. The normalized spacial score (nSPS) is 15.1. The number of fused-ring (bicyclic) bond motifs is 1. The Morgan fingerprint density at radius 3 is 2.58 bits per heavy atom. The number of hydrogen-bond acceptors (Lipinski definition) is 3. The number of amides is 1. The lowest BCUT2D eigenvalue weighted by atomic mass is 9.99. The number of hydrogen-bond donors (Lipinski definition) is 0. The number of pyridine rings is 1. The molecule has 0 atom stereocenters. The lowest BCUT2D eigenvalue weighted by Gasteiger charge is -2.42. The van der Waals surface area contributed by atoms with Crippen LogP contribution in [-0.4, -0.2) is 48.5 Å². The van der Waals surface area contributed by atoms with Gasteiger partial charge >= 0.3 is 0 Å². The van der Waals surface area contributed by atoms with Gasteiger partial charge in [0.25, 0.3) is 5.56 Å². The summed E-state index contributed by atoms with van der Waals surface area (Å²) in [6.07, 6.45) is 6.97. The van der Waals surface area contributed by atoms with Crippen molar-refractivity contribution in [3.63, 3.8) is 0 Å². The minimum atomic E-state index is -1.37. The van der Waals surface area contributed by atoms with Crippen LogP contribution in [0.15, 0.2) is 53.8 Å². The average molecular weight is 488 g/mol. The van der Waals surface area contributed by atoms with E-state index in [0.717, 1.165) is 5.69 Å². The number of halogens is 3. The highest BCUT2D eigenvalue weighted by Gasteiger charge is 2.41. The first kappa shape index (κ1) is 21.7. The lowest BCUT2D eigenvalue weighted by Crippen LogP contribution is -2.60. The van der Waals surface area contributed by atoms with Gasteiger partial charge in [-0.15, -0.1) is 0 Å². The molecule has 1 saturated heterocycles. The summed E-state index contributed by atoms with van der Waals surface area (Å²) in [5, 5.41) is 5.44. The van der Waals surface area contributed by atoms with Crippen LogP contribution in [-0.2, 0) is 18.4 Å². The highest BCUT2D eigenvalue weighted by atomic mass is 35.5. The molecule has 0 radical (unpaired) electrons. The van der Waals surface area contributed by atoms with Crippen molar-refractivity contribution in [1.82, 2.24) is 23.8 Å². The van der Waals surface area contributed by atoms with Gasteiger partial charge in [-0.3, -0.25) is 14.3 Å². The Hall–Kier alpha value is -3.10. The zero-order valence-corrected chi connectivity index (χ0v) is 19.4. The van der Waals surface area contributed by atoms with Crippen LogP contribution >= 0.6 is 23.2 Å². The van der Waals surface area contributed by atoms with E-state index in [1.807, 2.05) is 24.0 Å². The van der Waals surface area contributed by atoms with Gasteiger partial charge in [0.15, 0.2) is 0 Å². The molecule has 1 fully saturated rings. The predicted octanol–water partition coefficient (Wildman–Crippen LogP) is 4.07. The first-order valence-electron chi connectivity index (χ1n) is 10.3. The number of carbonyl (C=O) groups is 1. The Kier molecular flexibility index (Phi) is 5.10. The number of rotatable bonds is 4. The quantitative estimate of drug-likeness (QED) is 0.435. The second-order valence-electron chi connectivity index (χ2n) is 8.59. The maximum Gasteiger partial charge on any atom is 0.261 e. The van der Waals surface area contributed by atoms with E-state index in [4.69, 9.17) is 23.2 Å². The Balaban J connectivity index is 1.64. The topological polar surface area (TPSA) is 65.1 Å². The van der Waals surface area contributed by atoms with Crippen molar-refractivity contribution >= 4 is 40.0 Å². The van der Waals surface area contributed by atoms with Gasteiger partial charge in [-0.25, -0.2) is 4.39 Å². The van der Waals surface area contributed by atoms with Gasteiger partial charge in [0, 0.05) is 31.2 Å². The molecule has 1 aliphatic heterocycles. The summed E-state index contributed by atoms with van der Waals surface area (Å²) in [5.41, 5.74) is 1.12. The Bertz CT molecular complexity index is 1460. The number of benzene rings is 1. The molecule has 7 nitrogen and oxygen atoms in total. The minimum absolute atomic E-state index is 0.0364. The zero-order valence-electron chi connectivity index (χ0n) is 17.9. The summed E-state index contributed by atoms with van der Waals surface area (Å²) in [5.74, 6) is -0.297. The fraction of sp³-hybridized carbons (Fsp3) is 0.261. The van der Waals surface area contributed by atoms with Crippen molar-refractivity contribution in [3.8, 4) is 16.8 Å². The Morgan fingerprint density at radius 2 is 1.94 bits per heavy atom. The summed E-state index contributed by atoms with van der Waals surface area (Å²) < 4.78 is 18.7. The minimum Gasteiger partial charge on any atom is -0.335 e. The molecular formula is C23H20Cl2FN5O2. The molecule has 1 aromatic carbocycles. The Morgan fingerprint density at radius 1 is 1.18 bits per heavy atom. The molecule has 170 valence electrons. The van der Waals surface area contributed by atoms with Crippen molar-refractivity contribution < 1.29 is 9.18 Å². The van der Waals surface area contributed by atoms with Crippen LogP contribution in [0.1, 0.15) is 6.92 Å². The van der Waals surface area contributed by atoms with E-state index in [1.54, 1.807) is 41.3 Å². The molecule has 1 amide bonds. The number of alkyl halides is 1. The van der Waals surface area contributed by atoms with Gasteiger partial charge in [-0.05, 0) is 30.7 Å². The molecule has 0 spiro atoms. The predicted molar refractivity (Wildman–Crippen MR) is 126 cm³/mol. The van der Waals surface area contributed by atoms with Crippen LogP contribution < -0.4 is 5.56 Å². The maximum atomic E-state index is 13.8. The molecule has 0 aliphatic carbocycles. The van der Waals surface area contributed by atoms with Crippen LogP contribution in [0.2, 0.25) is 10.0 Å². The molecule has 0 N–H and O–H groups in total. The summed E-state index contributed by atoms with van der Waals surface area (Å²) in [4.78, 5) is 27.5. The van der Waals surface area contributed by atoms with Gasteiger partial charge in [-0.1, -0.05) is 29.3 Å². The van der Waals surface area contributed by atoms with E-state index in [2.05, 4.69) is 5.10 Å². The van der Waals surface area contributed by atoms with Crippen molar-refractivity contribution in [2.45, 2.75) is 19.1 Å². The largest absolute Gasteiger partial charge is 0.335 e. The summed E-state index contributed by atoms with van der Waals surface area (Å²) in [6, 6.07) is 6.96. The molecule has 4 aromatic rings. The van der Waals surface area contributed by atoms with Gasteiger partial charge in [0.05, 0.1) is 45.9 Å². The van der Waals surface area contributed by atoms with Gasteiger partial charge in [0.2, 0.25) is 5.91 Å². The summed E-state index contributed by atoms with van der Waals surface area (Å²) in [6.45, 7) is 1.37. The first-order valence-corrected chi connectivity index (χ1v) is 11.0. The van der Waals surface area contributed by atoms with E-state index in [9.17, 15) is 14.0 Å². The van der Waals surface area contributed by atoms with E-state index < -0.39 is 5.67 Å². The highest BCUT2D eigenvalue weighted by molar-refractivity contribution is 6.42. The van der Waals surface area contributed by atoms with Crippen molar-refractivity contribution in [3.05, 3.63) is 69.5 Å². The van der Waals surface area contributed by atoms with Gasteiger partial charge < -0.3 is 14.0 Å². The molecule has 0 unspecified atom stereocenters. The monoisotopic (exact) mass is 487 g/mol. The number of likely N-dealkylation sites (tertiary alicyclic amines) is 1. The molecule has 5 rings (SSSR count). The number of aryl methyl sites for hydroxylation is 1. The Labute approximate surface area is 198 Å². The fourth-order valence-corrected chi connectivity index (χ4v) is 4.51. The van der Waals surface area contributed by atoms with Crippen LogP contribution in [0.25, 0.3) is 27.7 Å². The first-order chi connectivity index (χ1) is 15.6. The van der Waals surface area contributed by atoms with Gasteiger partial charge in [-0.2, -0.15) is 5.10 Å². The third-order valence-electron chi connectivity index (χ3n) is 5.83. The molecule has 3 aromatic heterocycles. The van der Waals surface area contributed by atoms with Crippen LogP contribution in [0.5, 0.6) is 0 Å². The van der Waals surface area contributed by atoms with Crippen molar-refractivity contribution in [2.75, 3.05) is 13.1 Å². The highest BCUT2D eigenvalue weighted by Crippen LogP contribution is 2.34. The third-order valence-corrected chi connectivity index (χ3v) is 6.57. The van der Waals surface area contributed by atoms with Crippen LogP contribution in [0.3, 0.4) is 0 Å². The van der Waals surface area contributed by atoms with E-state index in [1.165, 1.54) is 16.4 Å². The molecule has 1 aliphatic rings. The SMILES string of the molecule is Cn1cc(-n2cc(-c3ccc(Cl)c(Cl)c3)c3c(=O)n(CC(=O)N4CC(C)(F)C4)ccc32)cn1. The zero-order chi connectivity index (χ0) is 23.5. The summed E-state index contributed by atoms with van der Waals surface area (Å²) in [7, 11) is 1.81. The van der Waals surface area contributed by atoms with E-state index >= 15 is 0 Å². The molecule has 4 heterocycles. The van der Waals surface area contributed by atoms with E-state index in [0.29, 0.717) is 32.1 Å². The molecular weight excluding hydrogens is 468 g/mol. The number of carbonyl (C=O) groups excluding carboxylic acids is 1. The van der Waals surface area contributed by atoms with Crippen molar-refractivity contribution in [1.29, 1.82) is 0 Å². The average Bonchev–Trinajstić information content (AvgIpc) is 3.34. The summed E-state index contributed by atoms with van der Waals surface area (Å²) >= 11 is 12.3. The standard InChI is InChI=1S/C23H20Cl2FN5O2/c1-23(26)12-30(13-23)20(32)11-29-6-5-19-21(22(29)33)16(14-3-4-17(24)18(25)7-14)10-31(19)15-8-27-28(2)9-15/h3-10H,11-13H2,1-2H3. The molecule has 0 saturated carbocycles. The maximum absolute atomic E-state index is 13.8. The number of aromatic nitrogens is 4. The number of nitrogens with zero attached hydrogens (tertiary/aromatic N) is 5. The second-order valence-corrected chi connectivity index (χ2v) is 9.40.